The summed E-state index contributed by atoms with van der Waals surface area (Å²) in [5.41, 5.74) is 2.12. The van der Waals surface area contributed by atoms with Crippen molar-refractivity contribution in [1.29, 1.82) is 0 Å². The summed E-state index contributed by atoms with van der Waals surface area (Å²) < 4.78 is 10.5. The van der Waals surface area contributed by atoms with Gasteiger partial charge in [0.05, 0.1) is 49.2 Å². The molecule has 2 aliphatic heterocycles. The number of carbonyl (C=O) groups excluding carboxylic acids is 2. The molecule has 2 aliphatic rings. The first-order chi connectivity index (χ1) is 18.7. The standard InChI is InChI=1S/C25H25N5O8S/c1-37-21-5-3-16-22(28-21)15(6-7-26-16)23(33)18(31)11-29(24(34)35)9-14-10-30(25(36)38-14)13-2-4-19-17(8-13)27-20(32)12-39-19/h2-8,14,18,23,31,33H,9-12H2,1H3,(H,27,32)(H,34,35)/t14?,18-,23-/m1/s1. The Bertz CT molecular complexity index is 1440. The lowest BCUT2D eigenvalue weighted by Gasteiger charge is -2.27. The number of amides is 3. The molecule has 0 bridgehead atoms. The van der Waals surface area contributed by atoms with E-state index < -0.39 is 37.0 Å². The topological polar surface area (TPSA) is 175 Å². The molecule has 3 amide bonds. The molecule has 39 heavy (non-hydrogen) atoms. The third-order valence-electron chi connectivity index (χ3n) is 6.37. The van der Waals surface area contributed by atoms with Crippen molar-refractivity contribution in [2.75, 3.05) is 42.7 Å². The van der Waals surface area contributed by atoms with Crippen molar-refractivity contribution in [3.63, 3.8) is 0 Å². The van der Waals surface area contributed by atoms with Crippen molar-refractivity contribution in [2.24, 2.45) is 0 Å². The summed E-state index contributed by atoms with van der Waals surface area (Å²) in [5.74, 6) is 0.464. The summed E-state index contributed by atoms with van der Waals surface area (Å²) in [7, 11) is 1.44. The first kappa shape index (κ1) is 26.5. The number of anilines is 2. The predicted octanol–water partition coefficient (Wildman–Crippen LogP) is 2.08. The average Bonchev–Trinajstić information content (AvgIpc) is 3.30. The van der Waals surface area contributed by atoms with Gasteiger partial charge in [-0.2, -0.15) is 0 Å². The van der Waals surface area contributed by atoms with Crippen LogP contribution in [0.3, 0.4) is 0 Å². The highest BCUT2D eigenvalue weighted by molar-refractivity contribution is 8.00. The van der Waals surface area contributed by atoms with Crippen LogP contribution < -0.4 is 15.0 Å². The highest BCUT2D eigenvalue weighted by Gasteiger charge is 2.36. The second kappa shape index (κ2) is 10.9. The van der Waals surface area contributed by atoms with Gasteiger partial charge < -0.3 is 35.0 Å². The second-order valence-corrected chi connectivity index (χ2v) is 9.97. The minimum Gasteiger partial charge on any atom is -0.481 e. The molecule has 3 aromatic rings. The summed E-state index contributed by atoms with van der Waals surface area (Å²) in [5, 5.41) is 34.2. The predicted molar refractivity (Wildman–Crippen MR) is 140 cm³/mol. The Morgan fingerprint density at radius 3 is 2.87 bits per heavy atom. The molecule has 1 fully saturated rings. The van der Waals surface area contributed by atoms with Crippen LogP contribution in [0.2, 0.25) is 0 Å². The third-order valence-corrected chi connectivity index (χ3v) is 7.44. The molecule has 13 nitrogen and oxygen atoms in total. The number of hydrogen-bond donors (Lipinski definition) is 4. The molecule has 5 rings (SSSR count). The van der Waals surface area contributed by atoms with E-state index in [-0.39, 0.29) is 24.6 Å². The van der Waals surface area contributed by atoms with Gasteiger partial charge in [0.25, 0.3) is 0 Å². The molecule has 4 N–H and O–H groups in total. The summed E-state index contributed by atoms with van der Waals surface area (Å²) in [6.07, 6.45) is -4.40. The van der Waals surface area contributed by atoms with Crippen LogP contribution in [-0.2, 0) is 9.53 Å². The number of nitrogens with zero attached hydrogens (tertiary/aromatic N) is 4. The molecule has 1 saturated heterocycles. The summed E-state index contributed by atoms with van der Waals surface area (Å²) >= 11 is 1.39. The second-order valence-electron chi connectivity index (χ2n) is 8.95. The highest BCUT2D eigenvalue weighted by atomic mass is 32.2. The fraction of sp³-hybridized carbons (Fsp3) is 0.320. The number of methoxy groups -OCH3 is 1. The Kier molecular flexibility index (Phi) is 7.41. The number of aromatic nitrogens is 2. The van der Waals surface area contributed by atoms with Crippen molar-refractivity contribution in [3.05, 3.63) is 48.2 Å². The normalized spacial score (nSPS) is 18.2. The number of nitrogens with one attached hydrogen (secondary N) is 1. The Morgan fingerprint density at radius 2 is 2.10 bits per heavy atom. The SMILES string of the molecule is COc1ccc2nccc([C@@H](O)[C@H](O)CN(CC3CN(c4ccc5c(c4)NC(=O)CS5)C(=O)O3)C(=O)O)c2n1. The molecule has 14 heteroatoms. The number of benzene rings is 1. The third kappa shape index (κ3) is 5.53. The van der Waals surface area contributed by atoms with Gasteiger partial charge in [0.2, 0.25) is 11.8 Å². The Balaban J connectivity index is 1.27. The molecular formula is C25H25N5O8S. The van der Waals surface area contributed by atoms with E-state index in [1.54, 1.807) is 30.3 Å². The van der Waals surface area contributed by atoms with Crippen molar-refractivity contribution in [1.82, 2.24) is 14.9 Å². The molecule has 4 heterocycles. The van der Waals surface area contributed by atoms with Crippen molar-refractivity contribution in [3.8, 4) is 5.88 Å². The van der Waals surface area contributed by atoms with E-state index in [0.717, 1.165) is 9.80 Å². The number of cyclic esters (lactones) is 1. The summed E-state index contributed by atoms with van der Waals surface area (Å²) in [4.78, 5) is 47.9. The number of rotatable bonds is 8. The minimum atomic E-state index is -1.52. The number of carboxylic acid groups (broad SMARTS) is 1. The first-order valence-corrected chi connectivity index (χ1v) is 12.9. The number of pyridine rings is 2. The zero-order chi connectivity index (χ0) is 27.7. The molecule has 0 saturated carbocycles. The number of aliphatic hydroxyl groups is 2. The summed E-state index contributed by atoms with van der Waals surface area (Å²) in [6.45, 7) is -0.637. The summed E-state index contributed by atoms with van der Waals surface area (Å²) in [6, 6.07) is 9.94. The Labute approximate surface area is 226 Å². The number of ether oxygens (including phenoxy) is 2. The first-order valence-electron chi connectivity index (χ1n) is 11.9. The van der Waals surface area contributed by atoms with Crippen LogP contribution in [0.25, 0.3) is 11.0 Å². The van der Waals surface area contributed by atoms with E-state index in [0.29, 0.717) is 34.0 Å². The van der Waals surface area contributed by atoms with Gasteiger partial charge in [-0.15, -0.1) is 11.8 Å². The van der Waals surface area contributed by atoms with Gasteiger partial charge in [0.1, 0.15) is 18.3 Å². The lowest BCUT2D eigenvalue weighted by Crippen LogP contribution is -2.44. The minimum absolute atomic E-state index is 0.0554. The number of thioether (sulfide) groups is 1. The lowest BCUT2D eigenvalue weighted by atomic mass is 10.0. The molecule has 2 aromatic heterocycles. The molecule has 1 aromatic carbocycles. The largest absolute Gasteiger partial charge is 0.481 e. The average molecular weight is 556 g/mol. The smallest absolute Gasteiger partial charge is 0.414 e. The molecule has 0 aliphatic carbocycles. The van der Waals surface area contributed by atoms with Crippen LogP contribution in [0.5, 0.6) is 5.88 Å². The number of fused-ring (bicyclic) bond motifs is 2. The fourth-order valence-corrected chi connectivity index (χ4v) is 5.24. The van der Waals surface area contributed by atoms with Gasteiger partial charge in [0.15, 0.2) is 0 Å². The van der Waals surface area contributed by atoms with E-state index in [1.807, 2.05) is 0 Å². The van der Waals surface area contributed by atoms with Crippen LogP contribution in [-0.4, -0.2) is 93.0 Å². The zero-order valence-electron chi connectivity index (χ0n) is 20.7. The monoisotopic (exact) mass is 555 g/mol. The van der Waals surface area contributed by atoms with Gasteiger partial charge in [-0.3, -0.25) is 14.7 Å². The van der Waals surface area contributed by atoms with E-state index in [9.17, 15) is 29.7 Å². The van der Waals surface area contributed by atoms with E-state index >= 15 is 0 Å². The quantitative estimate of drug-likeness (QED) is 0.320. The molecule has 204 valence electrons. The number of hydrogen-bond acceptors (Lipinski definition) is 10. The van der Waals surface area contributed by atoms with Crippen molar-refractivity contribution >= 4 is 52.3 Å². The maximum Gasteiger partial charge on any atom is 0.414 e. The van der Waals surface area contributed by atoms with Crippen LogP contribution >= 0.6 is 11.8 Å². The molecule has 1 unspecified atom stereocenters. The van der Waals surface area contributed by atoms with Crippen LogP contribution in [0.4, 0.5) is 21.0 Å². The van der Waals surface area contributed by atoms with Crippen molar-refractivity contribution in [2.45, 2.75) is 23.2 Å². The van der Waals surface area contributed by atoms with E-state index in [1.165, 1.54) is 36.0 Å². The lowest BCUT2D eigenvalue weighted by molar-refractivity contribution is -0.113. The number of carbonyl (C=O) groups is 3. The van der Waals surface area contributed by atoms with Crippen LogP contribution in [0.1, 0.15) is 11.7 Å². The van der Waals surface area contributed by atoms with Gasteiger partial charge in [-0.05, 0) is 30.3 Å². The number of aliphatic hydroxyl groups excluding tert-OH is 2. The Hall–Kier alpha value is -4.14. The van der Waals surface area contributed by atoms with Gasteiger partial charge in [0, 0.05) is 28.4 Å². The van der Waals surface area contributed by atoms with Gasteiger partial charge in [-0.25, -0.2) is 14.6 Å². The molecule has 0 radical (unpaired) electrons. The maximum atomic E-state index is 12.6. The van der Waals surface area contributed by atoms with Gasteiger partial charge >= 0.3 is 12.2 Å². The van der Waals surface area contributed by atoms with Gasteiger partial charge in [-0.1, -0.05) is 0 Å². The molecular weight excluding hydrogens is 530 g/mol. The van der Waals surface area contributed by atoms with Crippen LogP contribution in [0, 0.1) is 0 Å². The van der Waals surface area contributed by atoms with Crippen molar-refractivity contribution < 1.29 is 39.2 Å². The van der Waals surface area contributed by atoms with E-state index in [4.69, 9.17) is 9.47 Å². The zero-order valence-corrected chi connectivity index (χ0v) is 21.5. The highest BCUT2D eigenvalue weighted by Crippen LogP contribution is 2.35. The van der Waals surface area contributed by atoms with Crippen LogP contribution in [0.15, 0.2) is 47.5 Å². The molecule has 0 spiro atoms. The molecule has 3 atom stereocenters. The van der Waals surface area contributed by atoms with E-state index in [2.05, 4.69) is 15.3 Å². The Morgan fingerprint density at radius 1 is 1.28 bits per heavy atom. The fourth-order valence-electron chi connectivity index (χ4n) is 4.46. The maximum absolute atomic E-state index is 12.6.